The fraction of sp³-hybridized carbons (Fsp3) is 0.667. The molecular formula is C24H37N3O3. The molecular weight excluding hydrogens is 378 g/mol. The lowest BCUT2D eigenvalue weighted by Gasteiger charge is -2.36. The number of nitrogens with zero attached hydrogens (tertiary/aromatic N) is 3. The van der Waals surface area contributed by atoms with Crippen LogP contribution < -0.4 is 4.74 Å². The molecule has 166 valence electrons. The van der Waals surface area contributed by atoms with E-state index in [1.807, 2.05) is 42.0 Å². The molecule has 1 atom stereocenters. The minimum Gasteiger partial charge on any atom is -0.496 e. The summed E-state index contributed by atoms with van der Waals surface area (Å²) < 4.78 is 5.37. The summed E-state index contributed by atoms with van der Waals surface area (Å²) in [6, 6.07) is 6.02. The minimum atomic E-state index is 0.0628. The van der Waals surface area contributed by atoms with E-state index in [2.05, 4.69) is 11.9 Å². The standard InChI is InChI=1S/C24H37N3O3/c1-18-7-9-20(16-22(18)30-4)24(29)27-13-5-6-19(17-27)8-10-23(28)26(3)21-11-14-25(2)15-12-21/h7,9,16,19,21H,5-6,8,10-15,17H2,1-4H3/t19-/m1/s1. The third-order valence-electron chi connectivity index (χ3n) is 6.86. The second-order valence-corrected chi connectivity index (χ2v) is 9.02. The number of hydrogen-bond acceptors (Lipinski definition) is 4. The van der Waals surface area contributed by atoms with E-state index in [1.165, 1.54) is 0 Å². The normalized spacial score (nSPS) is 20.8. The lowest BCUT2D eigenvalue weighted by molar-refractivity contribution is -0.133. The molecule has 2 amide bonds. The fourth-order valence-electron chi connectivity index (χ4n) is 4.71. The van der Waals surface area contributed by atoms with Gasteiger partial charge in [-0.25, -0.2) is 0 Å². The molecule has 3 rings (SSSR count). The van der Waals surface area contributed by atoms with Crippen molar-refractivity contribution in [2.75, 3.05) is 47.4 Å². The Labute approximate surface area is 181 Å². The second kappa shape index (κ2) is 10.3. The number of benzene rings is 1. The molecule has 0 aromatic heterocycles. The summed E-state index contributed by atoms with van der Waals surface area (Å²) in [5.74, 6) is 1.45. The van der Waals surface area contributed by atoms with Crippen LogP contribution >= 0.6 is 0 Å². The van der Waals surface area contributed by atoms with Gasteiger partial charge in [-0.1, -0.05) is 6.07 Å². The van der Waals surface area contributed by atoms with Gasteiger partial charge < -0.3 is 19.4 Å². The van der Waals surface area contributed by atoms with Crippen LogP contribution in [0.3, 0.4) is 0 Å². The van der Waals surface area contributed by atoms with Gasteiger partial charge in [-0.15, -0.1) is 0 Å². The Morgan fingerprint density at radius 3 is 2.60 bits per heavy atom. The molecule has 2 fully saturated rings. The van der Waals surface area contributed by atoms with Gasteiger partial charge in [-0.2, -0.15) is 0 Å². The van der Waals surface area contributed by atoms with Crippen molar-refractivity contribution in [2.45, 2.75) is 51.5 Å². The van der Waals surface area contributed by atoms with Crippen molar-refractivity contribution in [3.05, 3.63) is 29.3 Å². The van der Waals surface area contributed by atoms with Crippen molar-refractivity contribution in [1.82, 2.24) is 14.7 Å². The Kier molecular flexibility index (Phi) is 7.75. The Balaban J connectivity index is 1.51. The summed E-state index contributed by atoms with van der Waals surface area (Å²) in [7, 11) is 5.73. The molecule has 30 heavy (non-hydrogen) atoms. The van der Waals surface area contributed by atoms with Crippen molar-refractivity contribution in [3.8, 4) is 5.75 Å². The summed E-state index contributed by atoms with van der Waals surface area (Å²) in [4.78, 5) is 32.0. The average molecular weight is 416 g/mol. The summed E-state index contributed by atoms with van der Waals surface area (Å²) in [6.45, 7) is 5.62. The van der Waals surface area contributed by atoms with Crippen LogP contribution in [0, 0.1) is 12.8 Å². The van der Waals surface area contributed by atoms with Crippen LogP contribution in [0.2, 0.25) is 0 Å². The first kappa shape index (κ1) is 22.6. The molecule has 2 aliphatic heterocycles. The Hall–Kier alpha value is -2.08. The second-order valence-electron chi connectivity index (χ2n) is 9.02. The molecule has 6 nitrogen and oxygen atoms in total. The van der Waals surface area contributed by atoms with E-state index in [9.17, 15) is 9.59 Å². The number of aryl methyl sites for hydroxylation is 1. The van der Waals surface area contributed by atoms with Crippen LogP contribution in [-0.2, 0) is 4.79 Å². The van der Waals surface area contributed by atoms with Crippen LogP contribution in [-0.4, -0.2) is 79.9 Å². The summed E-state index contributed by atoms with van der Waals surface area (Å²) in [5.41, 5.74) is 1.70. The number of methoxy groups -OCH3 is 1. The number of rotatable bonds is 6. The first-order valence-electron chi connectivity index (χ1n) is 11.3. The molecule has 1 aromatic rings. The molecule has 1 aromatic carbocycles. The first-order chi connectivity index (χ1) is 14.4. The zero-order chi connectivity index (χ0) is 21.7. The highest BCUT2D eigenvalue weighted by molar-refractivity contribution is 5.94. The van der Waals surface area contributed by atoms with Crippen molar-refractivity contribution >= 4 is 11.8 Å². The van der Waals surface area contributed by atoms with E-state index in [4.69, 9.17) is 4.74 Å². The topological polar surface area (TPSA) is 53.1 Å². The predicted molar refractivity (Wildman–Crippen MR) is 119 cm³/mol. The van der Waals surface area contributed by atoms with Crippen molar-refractivity contribution in [1.29, 1.82) is 0 Å². The molecule has 0 saturated carbocycles. The fourth-order valence-corrected chi connectivity index (χ4v) is 4.71. The van der Waals surface area contributed by atoms with E-state index in [1.54, 1.807) is 7.11 Å². The smallest absolute Gasteiger partial charge is 0.253 e. The molecule has 6 heteroatoms. The van der Waals surface area contributed by atoms with E-state index < -0.39 is 0 Å². The highest BCUT2D eigenvalue weighted by Gasteiger charge is 2.27. The van der Waals surface area contributed by atoms with Gasteiger partial charge in [0.05, 0.1) is 7.11 Å². The highest BCUT2D eigenvalue weighted by atomic mass is 16.5. The van der Waals surface area contributed by atoms with Gasteiger partial charge in [0.15, 0.2) is 0 Å². The maximum Gasteiger partial charge on any atom is 0.253 e. The number of amides is 2. The van der Waals surface area contributed by atoms with Gasteiger partial charge in [0.2, 0.25) is 5.91 Å². The molecule has 0 radical (unpaired) electrons. The Bertz CT molecular complexity index is 743. The monoisotopic (exact) mass is 415 g/mol. The molecule has 0 bridgehead atoms. The van der Waals surface area contributed by atoms with Crippen LogP contribution in [0.15, 0.2) is 18.2 Å². The van der Waals surface area contributed by atoms with Gasteiger partial charge in [-0.05, 0) is 82.8 Å². The zero-order valence-corrected chi connectivity index (χ0v) is 19.0. The average Bonchev–Trinajstić information content (AvgIpc) is 2.77. The van der Waals surface area contributed by atoms with Gasteiger partial charge in [0.25, 0.3) is 5.91 Å². The SMILES string of the molecule is COc1cc(C(=O)N2CCC[C@H](CCC(=O)N(C)C3CCN(C)CC3)C2)ccc1C. The van der Waals surface area contributed by atoms with E-state index in [0.29, 0.717) is 23.9 Å². The van der Waals surface area contributed by atoms with Crippen molar-refractivity contribution in [2.24, 2.45) is 5.92 Å². The summed E-state index contributed by atoms with van der Waals surface area (Å²) >= 11 is 0. The van der Waals surface area contributed by atoms with Crippen LogP contribution in [0.4, 0.5) is 0 Å². The summed E-state index contributed by atoms with van der Waals surface area (Å²) in [5, 5.41) is 0. The van der Waals surface area contributed by atoms with Gasteiger partial charge in [0.1, 0.15) is 5.75 Å². The molecule has 0 spiro atoms. The first-order valence-corrected chi connectivity index (χ1v) is 11.3. The molecule has 0 unspecified atom stereocenters. The number of piperidine rings is 2. The Morgan fingerprint density at radius 1 is 1.17 bits per heavy atom. The molecule has 2 heterocycles. The highest BCUT2D eigenvalue weighted by Crippen LogP contribution is 2.25. The van der Waals surface area contributed by atoms with Gasteiger partial charge >= 0.3 is 0 Å². The maximum absolute atomic E-state index is 13.0. The van der Waals surface area contributed by atoms with Crippen molar-refractivity contribution in [3.63, 3.8) is 0 Å². The molecule has 0 N–H and O–H groups in total. The van der Waals surface area contributed by atoms with Crippen molar-refractivity contribution < 1.29 is 14.3 Å². The zero-order valence-electron chi connectivity index (χ0n) is 19.0. The third-order valence-corrected chi connectivity index (χ3v) is 6.86. The lowest BCUT2D eigenvalue weighted by atomic mass is 9.92. The molecule has 2 saturated heterocycles. The number of carbonyl (C=O) groups excluding carboxylic acids is 2. The summed E-state index contributed by atoms with van der Waals surface area (Å²) in [6.07, 6.45) is 5.64. The molecule has 2 aliphatic rings. The van der Waals surface area contributed by atoms with Crippen LogP contribution in [0.1, 0.15) is 54.4 Å². The van der Waals surface area contributed by atoms with E-state index in [0.717, 1.165) is 69.6 Å². The Morgan fingerprint density at radius 2 is 1.90 bits per heavy atom. The van der Waals surface area contributed by atoms with Gasteiger partial charge in [-0.3, -0.25) is 9.59 Å². The lowest BCUT2D eigenvalue weighted by Crippen LogP contribution is -2.44. The maximum atomic E-state index is 13.0. The molecule has 0 aliphatic carbocycles. The van der Waals surface area contributed by atoms with Crippen LogP contribution in [0.5, 0.6) is 5.75 Å². The van der Waals surface area contributed by atoms with E-state index in [-0.39, 0.29) is 11.8 Å². The number of ether oxygens (including phenoxy) is 1. The quantitative estimate of drug-likeness (QED) is 0.716. The number of hydrogen-bond donors (Lipinski definition) is 0. The third kappa shape index (κ3) is 5.54. The number of likely N-dealkylation sites (tertiary alicyclic amines) is 2. The number of carbonyl (C=O) groups is 2. The van der Waals surface area contributed by atoms with E-state index >= 15 is 0 Å². The van der Waals surface area contributed by atoms with Crippen LogP contribution in [0.25, 0.3) is 0 Å². The predicted octanol–water partition coefficient (Wildman–Crippen LogP) is 3.19. The minimum absolute atomic E-state index is 0.0628. The van der Waals surface area contributed by atoms with Gasteiger partial charge in [0, 0.05) is 38.2 Å². The largest absolute Gasteiger partial charge is 0.496 e.